The van der Waals surface area contributed by atoms with Gasteiger partial charge in [0.05, 0.1) is 12.3 Å². The number of nitrogens with zero attached hydrogens (tertiary/aromatic N) is 1. The lowest BCUT2D eigenvalue weighted by Gasteiger charge is -2.23. The van der Waals surface area contributed by atoms with Crippen LogP contribution in [0.4, 0.5) is 11.4 Å². The van der Waals surface area contributed by atoms with Gasteiger partial charge < -0.3 is 10.1 Å². The molecule has 8 heteroatoms. The summed E-state index contributed by atoms with van der Waals surface area (Å²) in [7, 11) is -3.80. The highest BCUT2D eigenvalue weighted by Gasteiger charge is 2.75. The van der Waals surface area contributed by atoms with E-state index in [4.69, 9.17) is 16.3 Å². The van der Waals surface area contributed by atoms with Gasteiger partial charge in [0.1, 0.15) is 5.75 Å². The first-order valence-corrected chi connectivity index (χ1v) is 10.5. The number of sulfonamides is 1. The lowest BCUT2D eigenvalue weighted by molar-refractivity contribution is -0.116. The second kappa shape index (κ2) is 6.42. The number of benzene rings is 2. The predicted molar refractivity (Wildman–Crippen MR) is 105 cm³/mol. The third-order valence-corrected chi connectivity index (χ3v) is 7.91. The number of fused-ring (bicyclic) bond motifs is 1. The number of anilines is 2. The fourth-order valence-electron chi connectivity index (χ4n) is 3.61. The first-order valence-electron chi connectivity index (χ1n) is 8.70. The molecule has 2 aromatic carbocycles. The van der Waals surface area contributed by atoms with Crippen LogP contribution in [0.25, 0.3) is 0 Å². The number of hydrogen-bond donors (Lipinski definition) is 1. The van der Waals surface area contributed by atoms with Crippen molar-refractivity contribution in [3.05, 3.63) is 53.6 Å². The molecule has 0 bridgehead atoms. The minimum absolute atomic E-state index is 0.208. The normalized spacial score (nSPS) is 25.0. The van der Waals surface area contributed by atoms with Crippen LogP contribution in [0.3, 0.4) is 0 Å². The van der Waals surface area contributed by atoms with Crippen LogP contribution in [0.1, 0.15) is 13.3 Å². The zero-order valence-corrected chi connectivity index (χ0v) is 16.3. The highest BCUT2D eigenvalue weighted by Crippen LogP contribution is 2.58. The van der Waals surface area contributed by atoms with E-state index in [0.717, 1.165) is 0 Å². The number of amides is 1. The van der Waals surface area contributed by atoms with Gasteiger partial charge in [0, 0.05) is 23.2 Å². The molecule has 1 aliphatic heterocycles. The predicted octanol–water partition coefficient (Wildman–Crippen LogP) is 3.29. The van der Waals surface area contributed by atoms with Gasteiger partial charge in [-0.25, -0.2) is 8.42 Å². The van der Waals surface area contributed by atoms with E-state index in [1.807, 2.05) is 6.92 Å². The van der Waals surface area contributed by atoms with Crippen LogP contribution in [0, 0.1) is 5.92 Å². The van der Waals surface area contributed by atoms with Crippen molar-refractivity contribution in [3.8, 4) is 5.75 Å². The lowest BCUT2D eigenvalue weighted by Crippen LogP contribution is -2.42. The average molecular weight is 407 g/mol. The van der Waals surface area contributed by atoms with Gasteiger partial charge in [-0.3, -0.25) is 9.10 Å². The molecule has 2 aliphatic rings. The maximum absolute atomic E-state index is 13.1. The van der Waals surface area contributed by atoms with E-state index < -0.39 is 20.7 Å². The van der Waals surface area contributed by atoms with Crippen molar-refractivity contribution in [1.82, 2.24) is 0 Å². The van der Waals surface area contributed by atoms with Crippen molar-refractivity contribution >= 4 is 38.9 Å². The molecule has 142 valence electrons. The molecule has 1 saturated heterocycles. The van der Waals surface area contributed by atoms with Crippen LogP contribution >= 0.6 is 11.6 Å². The van der Waals surface area contributed by atoms with Gasteiger partial charge in [-0.1, -0.05) is 11.6 Å². The van der Waals surface area contributed by atoms with Gasteiger partial charge in [-0.05, 0) is 61.9 Å². The standard InChI is InChI=1S/C19H19ClN2O4S/c1-2-26-17-9-5-15(6-10-17)21-18(23)19-11-13(19)12-22(27(19,24)25)16-7-3-14(20)4-8-16/h3-10,13H,2,11-12H2,1H3,(H,21,23)/t13-,19-/m1/s1. The quantitative estimate of drug-likeness (QED) is 0.826. The van der Waals surface area contributed by atoms with Gasteiger partial charge >= 0.3 is 0 Å². The number of rotatable bonds is 5. The molecule has 2 atom stereocenters. The Bertz CT molecular complexity index is 976. The zero-order valence-electron chi connectivity index (χ0n) is 14.7. The Balaban J connectivity index is 1.55. The van der Waals surface area contributed by atoms with Crippen LogP contribution in [0.15, 0.2) is 48.5 Å². The number of carbonyl (C=O) groups is 1. The molecule has 1 saturated carbocycles. The van der Waals surface area contributed by atoms with E-state index in [9.17, 15) is 13.2 Å². The number of carbonyl (C=O) groups excluding carboxylic acids is 1. The number of hydrogen-bond acceptors (Lipinski definition) is 4. The molecule has 0 unspecified atom stereocenters. The van der Waals surface area contributed by atoms with Gasteiger partial charge in [0.2, 0.25) is 15.9 Å². The fourth-order valence-corrected chi connectivity index (χ4v) is 6.10. The largest absolute Gasteiger partial charge is 0.494 e. The maximum atomic E-state index is 13.1. The van der Waals surface area contributed by atoms with Gasteiger partial charge in [0.15, 0.2) is 4.75 Å². The minimum Gasteiger partial charge on any atom is -0.494 e. The van der Waals surface area contributed by atoms with E-state index in [0.29, 0.717) is 41.7 Å². The maximum Gasteiger partial charge on any atom is 0.250 e. The summed E-state index contributed by atoms with van der Waals surface area (Å²) in [5.41, 5.74) is 1.07. The molecule has 0 radical (unpaired) electrons. The van der Waals surface area contributed by atoms with Gasteiger partial charge in [-0.2, -0.15) is 0 Å². The summed E-state index contributed by atoms with van der Waals surface area (Å²) in [4.78, 5) is 12.9. The molecule has 4 rings (SSSR count). The van der Waals surface area contributed by atoms with E-state index in [-0.39, 0.29) is 5.92 Å². The van der Waals surface area contributed by atoms with Gasteiger partial charge in [0.25, 0.3) is 0 Å². The minimum atomic E-state index is -3.80. The van der Waals surface area contributed by atoms with E-state index in [1.54, 1.807) is 48.5 Å². The average Bonchev–Trinajstić information content (AvgIpc) is 3.33. The van der Waals surface area contributed by atoms with Crippen molar-refractivity contribution in [2.75, 3.05) is 22.8 Å². The van der Waals surface area contributed by atoms with E-state index in [1.165, 1.54) is 4.31 Å². The first-order chi connectivity index (χ1) is 12.9. The first kappa shape index (κ1) is 18.1. The van der Waals surface area contributed by atoms with Crippen molar-refractivity contribution in [2.24, 2.45) is 5.92 Å². The van der Waals surface area contributed by atoms with Gasteiger partial charge in [-0.15, -0.1) is 0 Å². The summed E-state index contributed by atoms with van der Waals surface area (Å²) in [5, 5.41) is 3.28. The molecule has 0 aromatic heterocycles. The summed E-state index contributed by atoms with van der Waals surface area (Å²) in [6.45, 7) is 2.75. The SMILES string of the molecule is CCOc1ccc(NC(=O)[C@@]23C[C@@H]2CN(c2ccc(Cl)cc2)S3(=O)=O)cc1. The molecular weight excluding hydrogens is 388 g/mol. The van der Waals surface area contributed by atoms with E-state index in [2.05, 4.69) is 5.32 Å². The lowest BCUT2D eigenvalue weighted by atomic mass is 10.2. The highest BCUT2D eigenvalue weighted by atomic mass is 35.5. The number of nitrogens with one attached hydrogen (secondary N) is 1. The molecule has 2 fully saturated rings. The number of halogens is 1. The van der Waals surface area contributed by atoms with Crippen LogP contribution in [-0.2, 0) is 14.8 Å². The van der Waals surface area contributed by atoms with Crippen molar-refractivity contribution < 1.29 is 17.9 Å². The summed E-state index contributed by atoms with van der Waals surface area (Å²) < 4.78 is 31.6. The molecule has 2 aromatic rings. The molecule has 27 heavy (non-hydrogen) atoms. The molecule has 6 nitrogen and oxygen atoms in total. The zero-order chi connectivity index (χ0) is 19.2. The summed E-state index contributed by atoms with van der Waals surface area (Å²) >= 11 is 5.88. The van der Waals surface area contributed by atoms with Crippen molar-refractivity contribution in [1.29, 1.82) is 0 Å². The fraction of sp³-hybridized carbons (Fsp3) is 0.316. The summed E-state index contributed by atoms with van der Waals surface area (Å²) in [6, 6.07) is 13.5. The Kier molecular flexibility index (Phi) is 4.31. The van der Waals surface area contributed by atoms with Crippen LogP contribution in [0.2, 0.25) is 5.02 Å². The molecule has 1 N–H and O–H groups in total. The highest BCUT2D eigenvalue weighted by molar-refractivity contribution is 7.95. The Morgan fingerprint density at radius 1 is 1.22 bits per heavy atom. The Morgan fingerprint density at radius 2 is 1.89 bits per heavy atom. The van der Waals surface area contributed by atoms with Crippen LogP contribution < -0.4 is 14.4 Å². The smallest absolute Gasteiger partial charge is 0.250 e. The summed E-state index contributed by atoms with van der Waals surface area (Å²) in [6.07, 6.45) is 0.349. The van der Waals surface area contributed by atoms with Crippen LogP contribution in [-0.4, -0.2) is 32.2 Å². The second-order valence-corrected chi connectivity index (χ2v) is 9.27. The topological polar surface area (TPSA) is 75.7 Å². The van der Waals surface area contributed by atoms with Crippen molar-refractivity contribution in [2.45, 2.75) is 18.1 Å². The summed E-state index contributed by atoms with van der Waals surface area (Å²) in [5.74, 6) is 0.00867. The van der Waals surface area contributed by atoms with Crippen molar-refractivity contribution in [3.63, 3.8) is 0 Å². The molecule has 1 aliphatic carbocycles. The molecular formula is C19H19ClN2O4S. The molecule has 1 amide bonds. The molecule has 1 heterocycles. The third-order valence-electron chi connectivity index (χ3n) is 5.11. The molecule has 0 spiro atoms. The Labute approximate surface area is 163 Å². The third kappa shape index (κ3) is 2.85. The Morgan fingerprint density at radius 3 is 2.52 bits per heavy atom. The second-order valence-electron chi connectivity index (χ2n) is 6.71. The van der Waals surface area contributed by atoms with Crippen LogP contribution in [0.5, 0.6) is 5.75 Å². The monoisotopic (exact) mass is 406 g/mol. The Hall–Kier alpha value is -2.25. The number of ether oxygens (including phenoxy) is 1. The van der Waals surface area contributed by atoms with E-state index >= 15 is 0 Å².